The molecule has 3 unspecified atom stereocenters. The minimum atomic E-state index is -5.08. The molecule has 0 spiro atoms. The summed E-state index contributed by atoms with van der Waals surface area (Å²) in [6.45, 7) is 4.28. The van der Waals surface area contributed by atoms with Crippen LogP contribution in [0.15, 0.2) is 42.5 Å². The Morgan fingerprint density at radius 3 is 2.24 bits per heavy atom. The quantitative estimate of drug-likeness (QED) is 0.182. The number of carbonyl (C=O) groups excluding carboxylic acids is 1. The van der Waals surface area contributed by atoms with Gasteiger partial charge in [0.05, 0.1) is 24.1 Å². The number of anilines is 1. The molecule has 16 heteroatoms. The largest absolute Gasteiger partial charge is 0.494 e. The van der Waals surface area contributed by atoms with Crippen LogP contribution in [-0.2, 0) is 38.7 Å². The van der Waals surface area contributed by atoms with Crippen molar-refractivity contribution in [3.63, 3.8) is 0 Å². The molecule has 3 atom stereocenters. The second-order valence-corrected chi connectivity index (χ2v) is 11.2. The number of alkyl halides is 3. The van der Waals surface area contributed by atoms with Crippen molar-refractivity contribution in [1.82, 2.24) is 10.6 Å². The number of amides is 1. The fraction of sp³-hybridized carbons (Fsp3) is 0.467. The number of nitrogens with one attached hydrogen (secondary N) is 3. The third-order valence-electron chi connectivity index (χ3n) is 7.24. The van der Waals surface area contributed by atoms with E-state index < -0.39 is 47.5 Å². The van der Waals surface area contributed by atoms with Crippen molar-refractivity contribution >= 4 is 29.5 Å². The molecular formula is C30H39F3N4O9. The molecule has 0 radical (unpaired) electrons. The molecule has 1 amide bonds. The Bertz CT molecular complexity index is 1360. The van der Waals surface area contributed by atoms with Crippen molar-refractivity contribution < 1.29 is 57.6 Å². The van der Waals surface area contributed by atoms with Crippen LogP contribution in [0.4, 0.5) is 18.9 Å². The molecule has 4 rings (SSSR count). The first-order valence-electron chi connectivity index (χ1n) is 14.3. The van der Waals surface area contributed by atoms with Crippen LogP contribution >= 0.6 is 0 Å². The molecule has 0 aliphatic carbocycles. The summed E-state index contributed by atoms with van der Waals surface area (Å²) in [6, 6.07) is 12.0. The number of aliphatic carboxylic acids is 3. The Kier molecular flexibility index (Phi) is 13.8. The van der Waals surface area contributed by atoms with Gasteiger partial charge in [-0.2, -0.15) is 13.2 Å². The number of rotatable bonds is 9. The Morgan fingerprint density at radius 1 is 1.11 bits per heavy atom. The fourth-order valence-corrected chi connectivity index (χ4v) is 4.88. The maximum Gasteiger partial charge on any atom is 0.490 e. The Balaban J connectivity index is 0.000000942. The van der Waals surface area contributed by atoms with Crippen LogP contribution in [0.5, 0.6) is 5.75 Å². The summed E-state index contributed by atoms with van der Waals surface area (Å²) in [4.78, 5) is 47.8. The van der Waals surface area contributed by atoms with E-state index in [9.17, 15) is 43.0 Å². The van der Waals surface area contributed by atoms with Gasteiger partial charge in [0, 0.05) is 19.5 Å². The van der Waals surface area contributed by atoms with Gasteiger partial charge in [-0.05, 0) is 60.1 Å². The second-order valence-electron chi connectivity index (χ2n) is 11.2. The molecule has 0 fully saturated rings. The molecule has 2 aromatic carbocycles. The first-order chi connectivity index (χ1) is 21.5. The first kappa shape index (κ1) is 37.8. The molecule has 2 aliphatic rings. The maximum absolute atomic E-state index is 13.8. The normalized spacial score (nSPS) is 20.4. The van der Waals surface area contributed by atoms with Crippen LogP contribution in [0.3, 0.4) is 0 Å². The number of carbonyl (C=O) groups is 4. The van der Waals surface area contributed by atoms with Crippen molar-refractivity contribution in [2.75, 3.05) is 12.1 Å². The van der Waals surface area contributed by atoms with E-state index in [-0.39, 0.29) is 38.3 Å². The van der Waals surface area contributed by atoms with Gasteiger partial charge in [0.1, 0.15) is 5.75 Å². The SMILES string of the molecule is CC(C)CC1C(=O)NC(NCc2ccc(CN)cc2NO)(C(=O)O)Cc2ccc(cc2)OCCCC1C(=O)O.O=C(O)C(F)(F)F. The van der Waals surface area contributed by atoms with Gasteiger partial charge in [0.2, 0.25) is 5.91 Å². The lowest BCUT2D eigenvalue weighted by Gasteiger charge is -2.35. The fourth-order valence-electron chi connectivity index (χ4n) is 4.88. The van der Waals surface area contributed by atoms with Gasteiger partial charge >= 0.3 is 24.1 Å². The van der Waals surface area contributed by atoms with Gasteiger partial charge in [-0.15, -0.1) is 0 Å². The average molecular weight is 657 g/mol. The standard InChI is InChI=1S/C28H38N4O7.C2HF3O2/c1-17(2)12-23-22(26(34)35)4-3-11-39-21-9-6-18(7-10-21)14-28(27(36)37,31-25(23)33)30-16-20-8-5-19(15-29)13-24(20)32-38;3-2(4,5)1(6)7/h5-10,13,17,22-23,30,32,38H,3-4,11-12,14-16,29H2,1-2H3,(H,31,33)(H,34,35)(H,36,37);(H,6,7). The number of hydrogen-bond donors (Lipinski definition) is 8. The summed E-state index contributed by atoms with van der Waals surface area (Å²) in [6.07, 6.45) is -4.33. The van der Waals surface area contributed by atoms with E-state index in [1.807, 2.05) is 13.8 Å². The van der Waals surface area contributed by atoms with Crippen molar-refractivity contribution in [2.24, 2.45) is 23.5 Å². The van der Waals surface area contributed by atoms with Crippen LogP contribution in [-0.4, -0.2) is 62.8 Å². The lowest BCUT2D eigenvalue weighted by atomic mass is 9.81. The van der Waals surface area contributed by atoms with E-state index >= 15 is 0 Å². The lowest BCUT2D eigenvalue weighted by molar-refractivity contribution is -0.192. The summed E-state index contributed by atoms with van der Waals surface area (Å²) in [5.74, 6) is -7.25. The molecule has 2 heterocycles. The van der Waals surface area contributed by atoms with Crippen molar-refractivity contribution in [2.45, 2.75) is 64.5 Å². The molecule has 254 valence electrons. The zero-order chi connectivity index (χ0) is 34.7. The Labute approximate surface area is 262 Å². The number of hydrogen-bond acceptors (Lipinski definition) is 9. The molecule has 0 aromatic heterocycles. The van der Waals surface area contributed by atoms with E-state index in [1.165, 1.54) is 0 Å². The highest BCUT2D eigenvalue weighted by molar-refractivity contribution is 5.90. The predicted molar refractivity (Wildman–Crippen MR) is 158 cm³/mol. The molecule has 2 aliphatic heterocycles. The predicted octanol–water partition coefficient (Wildman–Crippen LogP) is 3.34. The number of carboxylic acid groups (broad SMARTS) is 3. The van der Waals surface area contributed by atoms with Gasteiger partial charge in [-0.25, -0.2) is 9.59 Å². The lowest BCUT2D eigenvalue weighted by Crippen LogP contribution is -2.66. The summed E-state index contributed by atoms with van der Waals surface area (Å²) in [5.41, 5.74) is 8.06. The number of halogens is 3. The third-order valence-corrected chi connectivity index (χ3v) is 7.24. The smallest absolute Gasteiger partial charge is 0.490 e. The molecule has 0 saturated carbocycles. The van der Waals surface area contributed by atoms with Gasteiger partial charge in [0.25, 0.3) is 0 Å². The highest BCUT2D eigenvalue weighted by Gasteiger charge is 2.44. The number of carboxylic acids is 3. The molecule has 2 aromatic rings. The molecular weight excluding hydrogens is 617 g/mol. The highest BCUT2D eigenvalue weighted by atomic mass is 19.4. The van der Waals surface area contributed by atoms with Crippen molar-refractivity contribution in [3.8, 4) is 5.75 Å². The first-order valence-corrected chi connectivity index (χ1v) is 14.3. The summed E-state index contributed by atoms with van der Waals surface area (Å²) in [5, 5.41) is 43.0. The molecule has 46 heavy (non-hydrogen) atoms. The van der Waals surface area contributed by atoms with Crippen molar-refractivity contribution in [3.05, 3.63) is 59.2 Å². The third kappa shape index (κ3) is 10.9. The topological polar surface area (TPSA) is 221 Å². The van der Waals surface area contributed by atoms with E-state index in [4.69, 9.17) is 20.4 Å². The van der Waals surface area contributed by atoms with Gasteiger partial charge in [-0.1, -0.05) is 38.1 Å². The number of ether oxygens (including phenoxy) is 1. The average Bonchev–Trinajstić information content (AvgIpc) is 2.98. The Hall–Kier alpha value is -4.41. The van der Waals surface area contributed by atoms with E-state index in [0.717, 1.165) is 5.56 Å². The maximum atomic E-state index is 13.8. The van der Waals surface area contributed by atoms with Gasteiger partial charge < -0.3 is 31.1 Å². The minimum Gasteiger partial charge on any atom is -0.494 e. The van der Waals surface area contributed by atoms with Crippen LogP contribution < -0.4 is 26.6 Å². The monoisotopic (exact) mass is 656 g/mol. The molecule has 2 bridgehead atoms. The van der Waals surface area contributed by atoms with Crippen LogP contribution in [0.2, 0.25) is 0 Å². The summed E-state index contributed by atoms with van der Waals surface area (Å²) < 4.78 is 37.5. The summed E-state index contributed by atoms with van der Waals surface area (Å²) in [7, 11) is 0. The number of benzene rings is 2. The van der Waals surface area contributed by atoms with E-state index in [2.05, 4.69) is 16.1 Å². The van der Waals surface area contributed by atoms with Crippen LogP contribution in [0, 0.1) is 17.8 Å². The number of fused-ring (bicyclic) bond motifs is 11. The zero-order valence-corrected chi connectivity index (χ0v) is 25.3. The minimum absolute atomic E-state index is 0.00372. The second kappa shape index (κ2) is 16.8. The molecule has 0 saturated heterocycles. The van der Waals surface area contributed by atoms with Gasteiger partial charge in [-0.3, -0.25) is 25.6 Å². The van der Waals surface area contributed by atoms with Gasteiger partial charge in [0.15, 0.2) is 5.66 Å². The van der Waals surface area contributed by atoms with E-state index in [0.29, 0.717) is 35.6 Å². The Morgan fingerprint density at radius 2 is 1.74 bits per heavy atom. The zero-order valence-electron chi connectivity index (χ0n) is 25.3. The summed E-state index contributed by atoms with van der Waals surface area (Å²) >= 11 is 0. The van der Waals surface area contributed by atoms with Crippen LogP contribution in [0.1, 0.15) is 49.8 Å². The molecule has 9 N–H and O–H groups in total. The highest BCUT2D eigenvalue weighted by Crippen LogP contribution is 2.28. The van der Waals surface area contributed by atoms with Crippen molar-refractivity contribution in [1.29, 1.82) is 0 Å². The van der Waals surface area contributed by atoms with E-state index in [1.54, 1.807) is 42.5 Å². The number of nitrogens with two attached hydrogens (primary N) is 1. The molecule has 13 nitrogen and oxygen atoms in total. The van der Waals surface area contributed by atoms with Crippen LogP contribution in [0.25, 0.3) is 0 Å².